The van der Waals surface area contributed by atoms with E-state index in [1.165, 1.54) is 12.1 Å². The first-order chi connectivity index (χ1) is 9.66. The number of non-ortho nitro benzene ring substituents is 1. The second kappa shape index (κ2) is 4.96. The van der Waals surface area contributed by atoms with Gasteiger partial charge in [0.1, 0.15) is 5.82 Å². The molecule has 112 valence electrons. The summed E-state index contributed by atoms with van der Waals surface area (Å²) in [6.07, 6.45) is 0. The minimum atomic E-state index is -3.92. The van der Waals surface area contributed by atoms with Crippen molar-refractivity contribution in [2.75, 3.05) is 0 Å². The summed E-state index contributed by atoms with van der Waals surface area (Å²) in [5.74, 6) is 0.330. The maximum Gasteiger partial charge on any atom is 0.270 e. The van der Waals surface area contributed by atoms with Crippen molar-refractivity contribution in [1.82, 2.24) is 8.96 Å². The lowest BCUT2D eigenvalue weighted by atomic mass is 10.2. The molecule has 0 N–H and O–H groups in total. The molecule has 21 heavy (non-hydrogen) atoms. The summed E-state index contributed by atoms with van der Waals surface area (Å²) in [4.78, 5) is 14.3. The van der Waals surface area contributed by atoms with Crippen molar-refractivity contribution in [1.29, 1.82) is 0 Å². The molecule has 1 aromatic carbocycles. The average molecular weight is 309 g/mol. The van der Waals surface area contributed by atoms with Gasteiger partial charge in [-0.25, -0.2) is 17.4 Å². The molecule has 1 heterocycles. The van der Waals surface area contributed by atoms with Gasteiger partial charge >= 0.3 is 0 Å². The van der Waals surface area contributed by atoms with Gasteiger partial charge in [-0.15, -0.1) is 0 Å². The van der Waals surface area contributed by atoms with Crippen molar-refractivity contribution in [2.24, 2.45) is 0 Å². The highest BCUT2D eigenvalue weighted by atomic mass is 32.2. The van der Waals surface area contributed by atoms with Gasteiger partial charge in [-0.1, -0.05) is 6.07 Å². The lowest BCUT2D eigenvalue weighted by Crippen LogP contribution is -2.17. The Morgan fingerprint density at radius 3 is 2.29 bits per heavy atom. The molecule has 0 bridgehead atoms. The van der Waals surface area contributed by atoms with Crippen LogP contribution in [-0.4, -0.2) is 22.3 Å². The van der Waals surface area contributed by atoms with Crippen LogP contribution in [-0.2, 0) is 10.0 Å². The van der Waals surface area contributed by atoms with Crippen LogP contribution in [0, 0.1) is 37.8 Å². The fraction of sp³-hybridized carbons (Fsp3) is 0.308. The molecular formula is C13H15N3O4S. The van der Waals surface area contributed by atoms with Crippen LogP contribution in [0.25, 0.3) is 0 Å². The van der Waals surface area contributed by atoms with E-state index >= 15 is 0 Å². The highest BCUT2D eigenvalue weighted by Crippen LogP contribution is 2.26. The van der Waals surface area contributed by atoms with Crippen molar-refractivity contribution in [2.45, 2.75) is 32.6 Å². The van der Waals surface area contributed by atoms with E-state index in [0.29, 0.717) is 22.8 Å². The minimum Gasteiger partial charge on any atom is -0.258 e. The summed E-state index contributed by atoms with van der Waals surface area (Å²) in [5.41, 5.74) is 1.30. The van der Waals surface area contributed by atoms with E-state index in [1.807, 2.05) is 0 Å². The van der Waals surface area contributed by atoms with Gasteiger partial charge in [0, 0.05) is 12.1 Å². The molecule has 0 saturated carbocycles. The van der Waals surface area contributed by atoms with Gasteiger partial charge in [0.25, 0.3) is 15.7 Å². The van der Waals surface area contributed by atoms with E-state index in [0.717, 1.165) is 10.0 Å². The number of nitrogens with zero attached hydrogens (tertiary/aromatic N) is 3. The fourth-order valence-corrected chi connectivity index (χ4v) is 4.01. The van der Waals surface area contributed by atoms with E-state index in [4.69, 9.17) is 0 Å². The highest BCUT2D eigenvalue weighted by molar-refractivity contribution is 7.90. The molecule has 0 aliphatic carbocycles. The molecule has 2 aromatic rings. The first kappa shape index (κ1) is 15.2. The Bertz CT molecular complexity index is 837. The van der Waals surface area contributed by atoms with E-state index in [9.17, 15) is 18.5 Å². The van der Waals surface area contributed by atoms with E-state index in [-0.39, 0.29) is 10.6 Å². The number of imidazole rings is 1. The Morgan fingerprint density at radius 2 is 1.81 bits per heavy atom. The monoisotopic (exact) mass is 309 g/mol. The minimum absolute atomic E-state index is 0.0831. The predicted molar refractivity (Wildman–Crippen MR) is 76.9 cm³/mol. The quantitative estimate of drug-likeness (QED) is 0.640. The number of aromatic nitrogens is 2. The maximum atomic E-state index is 12.8. The Morgan fingerprint density at radius 1 is 1.19 bits per heavy atom. The number of nitro benzene ring substituents is 1. The van der Waals surface area contributed by atoms with E-state index in [2.05, 4.69) is 4.98 Å². The van der Waals surface area contributed by atoms with Crippen LogP contribution in [0.2, 0.25) is 0 Å². The zero-order chi connectivity index (χ0) is 15.9. The summed E-state index contributed by atoms with van der Waals surface area (Å²) in [7, 11) is -3.92. The first-order valence-electron chi connectivity index (χ1n) is 6.19. The molecule has 0 spiro atoms. The van der Waals surface area contributed by atoms with Gasteiger partial charge < -0.3 is 0 Å². The maximum absolute atomic E-state index is 12.8. The zero-order valence-electron chi connectivity index (χ0n) is 12.1. The molecule has 7 nitrogen and oxygen atoms in total. The zero-order valence-corrected chi connectivity index (χ0v) is 12.9. The summed E-state index contributed by atoms with van der Waals surface area (Å²) in [5, 5.41) is 10.9. The van der Waals surface area contributed by atoms with Crippen LogP contribution < -0.4 is 0 Å². The molecule has 2 rings (SSSR count). The standard InChI is InChI=1S/C13H15N3O4S/c1-8-5-6-12(16(17)18)7-13(8)21(19,20)15-10(3)9(2)14-11(15)4/h5-7H,1-4H3. The second-order valence-electron chi connectivity index (χ2n) is 4.81. The van der Waals surface area contributed by atoms with Crippen LogP contribution in [0.4, 0.5) is 5.69 Å². The Kier molecular flexibility index (Phi) is 3.58. The Labute approximate surface area is 122 Å². The molecule has 0 unspecified atom stereocenters. The summed E-state index contributed by atoms with van der Waals surface area (Å²) < 4.78 is 26.7. The Balaban J connectivity index is 2.75. The SMILES string of the molecule is Cc1ccc([N+](=O)[O-])cc1S(=O)(=O)n1c(C)nc(C)c1C. The number of aryl methyl sites for hydroxylation is 3. The van der Waals surface area contributed by atoms with Crippen molar-refractivity contribution in [3.8, 4) is 0 Å². The highest BCUT2D eigenvalue weighted by Gasteiger charge is 2.26. The molecule has 0 amide bonds. The number of hydrogen-bond acceptors (Lipinski definition) is 5. The third-order valence-corrected chi connectivity index (χ3v) is 5.37. The summed E-state index contributed by atoms with van der Waals surface area (Å²) in [6, 6.07) is 3.80. The number of hydrogen-bond donors (Lipinski definition) is 0. The normalized spacial score (nSPS) is 11.6. The lowest BCUT2D eigenvalue weighted by molar-refractivity contribution is -0.385. The van der Waals surface area contributed by atoms with E-state index < -0.39 is 14.9 Å². The molecule has 0 saturated heterocycles. The summed E-state index contributed by atoms with van der Waals surface area (Å²) >= 11 is 0. The number of nitro groups is 1. The fourth-order valence-electron chi connectivity index (χ4n) is 2.19. The average Bonchev–Trinajstić information content (AvgIpc) is 2.63. The Hall–Kier alpha value is -2.22. The summed E-state index contributed by atoms with van der Waals surface area (Å²) in [6.45, 7) is 6.56. The van der Waals surface area contributed by atoms with Crippen molar-refractivity contribution in [3.05, 3.63) is 51.1 Å². The molecule has 0 aliphatic rings. The van der Waals surface area contributed by atoms with Crippen molar-refractivity contribution >= 4 is 15.7 Å². The van der Waals surface area contributed by atoms with Gasteiger partial charge in [-0.2, -0.15) is 0 Å². The smallest absolute Gasteiger partial charge is 0.258 e. The van der Waals surface area contributed by atoms with E-state index in [1.54, 1.807) is 27.7 Å². The van der Waals surface area contributed by atoms with Crippen LogP contribution in [0.3, 0.4) is 0 Å². The molecule has 1 aromatic heterocycles. The molecule has 0 aliphatic heterocycles. The van der Waals surface area contributed by atoms with Gasteiger partial charge in [0.2, 0.25) is 0 Å². The topological polar surface area (TPSA) is 95.1 Å². The second-order valence-corrected chi connectivity index (χ2v) is 6.56. The van der Waals surface area contributed by atoms with Crippen LogP contribution in [0.5, 0.6) is 0 Å². The number of benzene rings is 1. The number of rotatable bonds is 3. The van der Waals surface area contributed by atoms with Gasteiger partial charge in [0.05, 0.1) is 21.2 Å². The molecule has 0 fully saturated rings. The van der Waals surface area contributed by atoms with Gasteiger partial charge in [-0.3, -0.25) is 10.1 Å². The third-order valence-electron chi connectivity index (χ3n) is 3.35. The van der Waals surface area contributed by atoms with Crippen LogP contribution in [0.1, 0.15) is 22.8 Å². The van der Waals surface area contributed by atoms with Gasteiger partial charge in [0.15, 0.2) is 0 Å². The lowest BCUT2D eigenvalue weighted by Gasteiger charge is -2.11. The molecule has 0 radical (unpaired) electrons. The van der Waals surface area contributed by atoms with Gasteiger partial charge in [-0.05, 0) is 33.3 Å². The predicted octanol–water partition coefficient (Wildman–Crippen LogP) is 2.26. The third kappa shape index (κ3) is 2.42. The first-order valence-corrected chi connectivity index (χ1v) is 7.63. The molecule has 8 heteroatoms. The van der Waals surface area contributed by atoms with Crippen molar-refractivity contribution in [3.63, 3.8) is 0 Å². The largest absolute Gasteiger partial charge is 0.270 e. The molecular weight excluding hydrogens is 294 g/mol. The van der Waals surface area contributed by atoms with Crippen molar-refractivity contribution < 1.29 is 13.3 Å². The van der Waals surface area contributed by atoms with Crippen LogP contribution in [0.15, 0.2) is 23.1 Å². The molecule has 0 atom stereocenters. The van der Waals surface area contributed by atoms with Crippen LogP contribution >= 0.6 is 0 Å².